The van der Waals surface area contributed by atoms with Crippen LogP contribution < -0.4 is 0 Å². The Kier molecular flexibility index (Phi) is 3.26. The van der Waals surface area contributed by atoms with E-state index in [4.69, 9.17) is 10.5 Å². The van der Waals surface area contributed by atoms with E-state index in [-0.39, 0.29) is 0 Å². The van der Waals surface area contributed by atoms with Crippen LogP contribution >= 0.6 is 0 Å². The van der Waals surface area contributed by atoms with Crippen LogP contribution in [0.15, 0.2) is 18.2 Å². The van der Waals surface area contributed by atoms with Crippen LogP contribution in [0.1, 0.15) is 30.5 Å². The molecule has 1 aromatic carbocycles. The third-order valence-electron chi connectivity index (χ3n) is 1.89. The molecule has 70 valence electrons. The lowest BCUT2D eigenvalue weighted by Gasteiger charge is -2.05. The highest BCUT2D eigenvalue weighted by Gasteiger charge is 2.02. The van der Waals surface area contributed by atoms with E-state index in [0.717, 1.165) is 12.0 Å². The third kappa shape index (κ3) is 2.61. The van der Waals surface area contributed by atoms with Crippen molar-refractivity contribution >= 4 is 0 Å². The summed E-state index contributed by atoms with van der Waals surface area (Å²) in [7, 11) is 0. The van der Waals surface area contributed by atoms with Gasteiger partial charge in [-0.05, 0) is 36.1 Å². The van der Waals surface area contributed by atoms with Crippen LogP contribution in [-0.4, -0.2) is 0 Å². The minimum Gasteiger partial charge on any atom is -0.192 e. The fourth-order valence-electron chi connectivity index (χ4n) is 1.41. The quantitative estimate of drug-likeness (QED) is 0.709. The molecule has 0 aliphatic heterocycles. The van der Waals surface area contributed by atoms with Gasteiger partial charge in [0.25, 0.3) is 0 Å². The Bertz CT molecular complexity index is 373. The molecule has 0 aliphatic carbocycles. The fourth-order valence-corrected chi connectivity index (χ4v) is 1.41. The van der Waals surface area contributed by atoms with E-state index in [1.807, 2.05) is 12.1 Å². The van der Waals surface area contributed by atoms with Crippen molar-refractivity contribution in [3.8, 4) is 12.1 Å². The summed E-state index contributed by atoms with van der Waals surface area (Å²) in [6, 6.07) is 9.44. The summed E-state index contributed by atoms with van der Waals surface area (Å²) >= 11 is 0. The highest BCUT2D eigenvalue weighted by atomic mass is 14.3. The molecule has 0 saturated heterocycles. The van der Waals surface area contributed by atoms with Gasteiger partial charge in [-0.3, -0.25) is 0 Å². The Morgan fingerprint density at radius 2 is 1.57 bits per heavy atom. The average Bonchev–Trinajstić information content (AvgIpc) is 2.16. The largest absolute Gasteiger partial charge is 0.192 e. The van der Waals surface area contributed by atoms with Crippen molar-refractivity contribution in [3.63, 3.8) is 0 Å². The molecule has 2 nitrogen and oxygen atoms in total. The van der Waals surface area contributed by atoms with Gasteiger partial charge in [-0.1, -0.05) is 13.8 Å². The number of benzene rings is 1. The second-order valence-electron chi connectivity index (χ2n) is 3.74. The van der Waals surface area contributed by atoms with Gasteiger partial charge in [0, 0.05) is 0 Å². The van der Waals surface area contributed by atoms with Gasteiger partial charge in [0.15, 0.2) is 0 Å². The van der Waals surface area contributed by atoms with Crippen LogP contribution in [0.3, 0.4) is 0 Å². The molecular formula is C12H12N2. The third-order valence-corrected chi connectivity index (χ3v) is 1.89. The van der Waals surface area contributed by atoms with Crippen LogP contribution in [0, 0.1) is 28.6 Å². The van der Waals surface area contributed by atoms with E-state index >= 15 is 0 Å². The molecule has 0 amide bonds. The monoisotopic (exact) mass is 184 g/mol. The molecule has 0 bridgehead atoms. The zero-order valence-electron chi connectivity index (χ0n) is 8.41. The van der Waals surface area contributed by atoms with Crippen molar-refractivity contribution in [1.29, 1.82) is 10.5 Å². The van der Waals surface area contributed by atoms with Gasteiger partial charge in [-0.15, -0.1) is 0 Å². The van der Waals surface area contributed by atoms with Crippen molar-refractivity contribution in [2.75, 3.05) is 0 Å². The van der Waals surface area contributed by atoms with E-state index < -0.39 is 0 Å². The van der Waals surface area contributed by atoms with Crippen LogP contribution in [0.2, 0.25) is 0 Å². The van der Waals surface area contributed by atoms with Gasteiger partial charge >= 0.3 is 0 Å². The molecule has 0 saturated carbocycles. The number of hydrogen-bond donors (Lipinski definition) is 0. The van der Waals surface area contributed by atoms with Gasteiger partial charge in [-0.2, -0.15) is 10.5 Å². The second kappa shape index (κ2) is 4.44. The molecule has 0 aliphatic rings. The first kappa shape index (κ1) is 10.3. The smallest absolute Gasteiger partial charge is 0.0992 e. The number of rotatable bonds is 2. The lowest BCUT2D eigenvalue weighted by molar-refractivity contribution is 0.647. The molecule has 0 fully saturated rings. The molecule has 0 unspecified atom stereocenters. The molecule has 0 atom stereocenters. The van der Waals surface area contributed by atoms with Crippen molar-refractivity contribution in [3.05, 3.63) is 34.9 Å². The van der Waals surface area contributed by atoms with Crippen LogP contribution in [0.25, 0.3) is 0 Å². The second-order valence-corrected chi connectivity index (χ2v) is 3.74. The number of hydrogen-bond acceptors (Lipinski definition) is 2. The summed E-state index contributed by atoms with van der Waals surface area (Å²) < 4.78 is 0. The average molecular weight is 184 g/mol. The topological polar surface area (TPSA) is 47.6 Å². The molecular weight excluding hydrogens is 172 g/mol. The number of nitrogens with zero attached hydrogens (tertiary/aromatic N) is 2. The van der Waals surface area contributed by atoms with Gasteiger partial charge in [0.2, 0.25) is 0 Å². The minimum atomic E-state index is 0.537. The van der Waals surface area contributed by atoms with Gasteiger partial charge in [0.05, 0.1) is 23.3 Å². The molecule has 1 rings (SSSR count). The van der Waals surface area contributed by atoms with Gasteiger partial charge in [-0.25, -0.2) is 0 Å². The Balaban J connectivity index is 3.08. The summed E-state index contributed by atoms with van der Waals surface area (Å²) in [5, 5.41) is 17.5. The first-order chi connectivity index (χ1) is 6.65. The summed E-state index contributed by atoms with van der Waals surface area (Å²) in [5.74, 6) is 0.537. The van der Waals surface area contributed by atoms with Crippen molar-refractivity contribution in [2.45, 2.75) is 20.3 Å². The van der Waals surface area contributed by atoms with Crippen LogP contribution in [0.5, 0.6) is 0 Å². The van der Waals surface area contributed by atoms with Crippen molar-refractivity contribution < 1.29 is 0 Å². The van der Waals surface area contributed by atoms with Crippen molar-refractivity contribution in [2.24, 2.45) is 5.92 Å². The van der Waals surface area contributed by atoms with Gasteiger partial charge < -0.3 is 0 Å². The zero-order chi connectivity index (χ0) is 10.6. The first-order valence-corrected chi connectivity index (χ1v) is 4.60. The first-order valence-electron chi connectivity index (χ1n) is 4.60. The van der Waals surface area contributed by atoms with Crippen LogP contribution in [-0.2, 0) is 6.42 Å². The minimum absolute atomic E-state index is 0.537. The maximum atomic E-state index is 8.76. The van der Waals surface area contributed by atoms with Gasteiger partial charge in [0.1, 0.15) is 0 Å². The molecule has 1 aromatic rings. The predicted molar refractivity (Wildman–Crippen MR) is 54.4 cm³/mol. The molecule has 0 spiro atoms. The van der Waals surface area contributed by atoms with E-state index in [1.54, 1.807) is 6.07 Å². The summed E-state index contributed by atoms with van der Waals surface area (Å²) in [6.07, 6.45) is 0.907. The highest BCUT2D eigenvalue weighted by molar-refractivity contribution is 5.42. The molecule has 0 heterocycles. The van der Waals surface area contributed by atoms with E-state index in [2.05, 4.69) is 26.0 Å². The molecule has 0 radical (unpaired) electrons. The fraction of sp³-hybridized carbons (Fsp3) is 0.333. The standard InChI is InChI=1S/C12H12N2/c1-9(2)3-10-4-11(7-13)6-12(5-10)8-14/h4-6,9H,3H2,1-2H3. The Hall–Kier alpha value is -1.80. The molecule has 0 N–H and O–H groups in total. The molecule has 14 heavy (non-hydrogen) atoms. The Labute approximate surface area is 84.4 Å². The summed E-state index contributed by atoms with van der Waals surface area (Å²) in [6.45, 7) is 4.23. The Morgan fingerprint density at radius 1 is 1.07 bits per heavy atom. The van der Waals surface area contributed by atoms with Crippen molar-refractivity contribution in [1.82, 2.24) is 0 Å². The molecule has 0 aromatic heterocycles. The maximum Gasteiger partial charge on any atom is 0.0992 e. The number of nitriles is 2. The Morgan fingerprint density at radius 3 is 1.93 bits per heavy atom. The summed E-state index contributed by atoms with van der Waals surface area (Å²) in [4.78, 5) is 0. The summed E-state index contributed by atoms with van der Waals surface area (Å²) in [5.41, 5.74) is 2.20. The normalized spacial score (nSPS) is 9.50. The van der Waals surface area contributed by atoms with E-state index in [0.29, 0.717) is 17.0 Å². The van der Waals surface area contributed by atoms with Crippen LogP contribution in [0.4, 0.5) is 0 Å². The zero-order valence-corrected chi connectivity index (χ0v) is 8.41. The lowest BCUT2D eigenvalue weighted by Crippen LogP contribution is -1.95. The highest BCUT2D eigenvalue weighted by Crippen LogP contribution is 2.13. The predicted octanol–water partition coefficient (Wildman–Crippen LogP) is 2.63. The molecule has 2 heteroatoms. The lowest BCUT2D eigenvalue weighted by atomic mass is 9.99. The maximum absolute atomic E-state index is 8.76. The van der Waals surface area contributed by atoms with E-state index in [1.165, 1.54) is 0 Å². The van der Waals surface area contributed by atoms with E-state index in [9.17, 15) is 0 Å². The SMILES string of the molecule is CC(C)Cc1cc(C#N)cc(C#N)c1.